The zero-order valence-electron chi connectivity index (χ0n) is 38.2. The Hall–Kier alpha value is -3.38. The van der Waals surface area contributed by atoms with Crippen LogP contribution in [0.1, 0.15) is 97.5 Å². The molecule has 1 fully saturated rings. The van der Waals surface area contributed by atoms with E-state index in [4.69, 9.17) is 23.7 Å². The van der Waals surface area contributed by atoms with Crippen LogP contribution in [0, 0.1) is 35.5 Å². The lowest BCUT2D eigenvalue weighted by atomic mass is 9.79. The van der Waals surface area contributed by atoms with Crippen molar-refractivity contribution in [2.75, 3.05) is 14.2 Å². The number of ether oxygens (including phenoxy) is 5. The van der Waals surface area contributed by atoms with Gasteiger partial charge in [-0.05, 0) is 70.1 Å². The van der Waals surface area contributed by atoms with Crippen molar-refractivity contribution in [3.8, 4) is 0 Å². The third-order valence-corrected chi connectivity index (χ3v) is 14.4. The lowest BCUT2D eigenvalue weighted by Crippen LogP contribution is -2.49. The number of cyclic esters (lactones) is 1. The Kier molecular flexibility index (Phi) is 18.8. The third-order valence-electron chi connectivity index (χ3n) is 12.8. The van der Waals surface area contributed by atoms with Crippen LogP contribution in [0.4, 0.5) is 13.2 Å². The number of hydrogen-bond donors (Lipinski definition) is 2. The van der Waals surface area contributed by atoms with Crippen molar-refractivity contribution >= 4 is 34.5 Å². The number of esters is 2. The highest BCUT2D eigenvalue weighted by Gasteiger charge is 2.65. The second-order valence-electron chi connectivity index (χ2n) is 17.5. The van der Waals surface area contributed by atoms with Crippen LogP contribution < -0.4 is 0 Å². The number of aliphatic hydroxyl groups excluding tert-OH is 2. The zero-order valence-corrected chi connectivity index (χ0v) is 40.4. The maximum atomic E-state index is 14.0. The molecule has 2 N–H and O–H groups in total. The van der Waals surface area contributed by atoms with Crippen LogP contribution in [-0.4, -0.2) is 89.2 Å². The lowest BCUT2D eigenvalue weighted by molar-refractivity contribution is -0.166. The van der Waals surface area contributed by atoms with Crippen LogP contribution in [0.15, 0.2) is 93.9 Å². The molecule has 1 saturated heterocycles. The normalized spacial score (nSPS) is 35.5. The monoisotopic (exact) mass is 996 g/mol. The van der Waals surface area contributed by atoms with Crippen molar-refractivity contribution in [3.05, 3.63) is 94.8 Å². The third kappa shape index (κ3) is 12.7. The number of allylic oxidation sites excluding steroid dienone is 6. The van der Waals surface area contributed by atoms with Crippen molar-refractivity contribution < 1.29 is 56.7 Å². The highest BCUT2D eigenvalue weighted by molar-refractivity contribution is 14.1. The van der Waals surface area contributed by atoms with Gasteiger partial charge in [0.15, 0.2) is 0 Å². The van der Waals surface area contributed by atoms with Crippen molar-refractivity contribution in [1.29, 1.82) is 0 Å². The Morgan fingerprint density at radius 2 is 1.75 bits per heavy atom. The van der Waals surface area contributed by atoms with E-state index in [0.29, 0.717) is 28.3 Å². The molecule has 0 spiro atoms. The van der Waals surface area contributed by atoms with Crippen LogP contribution in [0.25, 0.3) is 0 Å². The molecule has 1 aromatic rings. The molecule has 0 amide bonds. The van der Waals surface area contributed by atoms with Gasteiger partial charge < -0.3 is 33.9 Å². The SMILES string of the molecule is C/C=C/[C@H]1O[C@@H]([C@@H](C)[C@H](O)[C@H](C)C2OC(=O)/C(OC)=C\C(C)=C\[C@@H](C)[C@@H](O)C(CC)[C@@H](OC(=O)c3ccc(C4(C(F)(F)F)N=N4)cc3)[C@H](C)C/C(C)=C/C=C\[C@@H]2OC)C[C@@H]([125I])[C@@H]1C. The summed E-state index contributed by atoms with van der Waals surface area (Å²) in [5, 5.41) is 30.4. The molecule has 15 heteroatoms. The summed E-state index contributed by atoms with van der Waals surface area (Å²) in [5.74, 6) is -3.66. The van der Waals surface area contributed by atoms with E-state index >= 15 is 0 Å². The first-order chi connectivity index (χ1) is 29.6. The number of nitrogens with zero attached hydrogens (tertiary/aromatic N) is 2. The highest BCUT2D eigenvalue weighted by Crippen LogP contribution is 2.52. The highest BCUT2D eigenvalue weighted by atomic mass is 125. The fourth-order valence-electron chi connectivity index (χ4n) is 8.79. The molecule has 0 radical (unpaired) electrons. The fourth-order valence-corrected chi connectivity index (χ4v) is 9.70. The summed E-state index contributed by atoms with van der Waals surface area (Å²) in [6, 6.07) is 4.86. The van der Waals surface area contributed by atoms with E-state index in [1.807, 2.05) is 60.6 Å². The van der Waals surface area contributed by atoms with Gasteiger partial charge in [0.2, 0.25) is 5.76 Å². The molecule has 3 heterocycles. The number of aliphatic hydroxyl groups is 2. The smallest absolute Gasteiger partial charge is 0.442 e. The number of alkyl halides is 4. The minimum atomic E-state index is -4.71. The molecule has 0 aliphatic carbocycles. The predicted octanol–water partition coefficient (Wildman–Crippen LogP) is 10.2. The van der Waals surface area contributed by atoms with Crippen molar-refractivity contribution in [2.24, 2.45) is 45.7 Å². The predicted molar refractivity (Wildman–Crippen MR) is 243 cm³/mol. The molecule has 3 aliphatic rings. The van der Waals surface area contributed by atoms with E-state index in [-0.39, 0.29) is 40.9 Å². The summed E-state index contributed by atoms with van der Waals surface area (Å²) >= 11 is 2.46. The van der Waals surface area contributed by atoms with E-state index in [1.54, 1.807) is 25.2 Å². The fraction of sp³-hybridized carbons (Fsp3) is 0.625. The molecule has 63 heavy (non-hydrogen) atoms. The van der Waals surface area contributed by atoms with Gasteiger partial charge in [-0.2, -0.15) is 13.2 Å². The second kappa shape index (κ2) is 22.7. The molecular formula is C48H66F3IN2O9. The summed E-state index contributed by atoms with van der Waals surface area (Å²) in [6.45, 7) is 17.2. The van der Waals surface area contributed by atoms with Crippen LogP contribution in [0.5, 0.6) is 0 Å². The van der Waals surface area contributed by atoms with Crippen LogP contribution >= 0.6 is 22.6 Å². The number of halogens is 4. The Labute approximate surface area is 384 Å². The van der Waals surface area contributed by atoms with Crippen LogP contribution in [-0.2, 0) is 34.1 Å². The minimum Gasteiger partial charge on any atom is -0.490 e. The molecule has 11 nitrogen and oxygen atoms in total. The number of hydrogen-bond acceptors (Lipinski definition) is 11. The van der Waals surface area contributed by atoms with Gasteiger partial charge in [-0.25, -0.2) is 9.59 Å². The molecule has 0 saturated carbocycles. The quantitative estimate of drug-likeness (QED) is 0.0958. The van der Waals surface area contributed by atoms with Crippen LogP contribution in [0.2, 0.25) is 0 Å². The van der Waals surface area contributed by atoms with Gasteiger partial charge in [0.25, 0.3) is 0 Å². The average molecular weight is 997 g/mol. The number of carbonyl (C=O) groups is 2. The number of carbonyl (C=O) groups excluding carboxylic acids is 2. The maximum Gasteiger partial charge on any atom is 0.442 e. The van der Waals surface area contributed by atoms with Gasteiger partial charge >= 0.3 is 23.8 Å². The summed E-state index contributed by atoms with van der Waals surface area (Å²) < 4.78 is 71.7. The summed E-state index contributed by atoms with van der Waals surface area (Å²) in [4.78, 5) is 27.7. The lowest BCUT2D eigenvalue weighted by Gasteiger charge is -2.42. The van der Waals surface area contributed by atoms with E-state index in [2.05, 4.69) is 45.8 Å². The first-order valence-electron chi connectivity index (χ1n) is 21.8. The first kappa shape index (κ1) is 52.2. The Morgan fingerprint density at radius 1 is 1.10 bits per heavy atom. The minimum absolute atomic E-state index is 0.0395. The Bertz CT molecular complexity index is 1890. The van der Waals surface area contributed by atoms with Gasteiger partial charge in [0.1, 0.15) is 18.3 Å². The van der Waals surface area contributed by atoms with Crippen molar-refractivity contribution in [2.45, 2.75) is 140 Å². The van der Waals surface area contributed by atoms with E-state index in [9.17, 15) is 33.0 Å². The van der Waals surface area contributed by atoms with Gasteiger partial charge in [-0.15, -0.1) is 10.2 Å². The molecule has 350 valence electrons. The van der Waals surface area contributed by atoms with Gasteiger partial charge in [0.05, 0.1) is 37.1 Å². The van der Waals surface area contributed by atoms with Crippen molar-refractivity contribution in [1.82, 2.24) is 0 Å². The molecule has 0 bridgehead atoms. The zero-order chi connectivity index (χ0) is 47.0. The van der Waals surface area contributed by atoms with E-state index < -0.39 is 72.1 Å². The summed E-state index contributed by atoms with van der Waals surface area (Å²) in [5.41, 5.74) is -1.30. The Morgan fingerprint density at radius 3 is 2.30 bits per heavy atom. The van der Waals surface area contributed by atoms with E-state index in [1.165, 1.54) is 44.6 Å². The van der Waals surface area contributed by atoms with E-state index in [0.717, 1.165) is 12.0 Å². The largest absolute Gasteiger partial charge is 0.490 e. The molecule has 1 aromatic carbocycles. The maximum absolute atomic E-state index is 14.0. The van der Waals surface area contributed by atoms with Crippen LogP contribution in [0.3, 0.4) is 0 Å². The van der Waals surface area contributed by atoms with Gasteiger partial charge in [-0.1, -0.05) is 124 Å². The number of benzene rings is 1. The second-order valence-corrected chi connectivity index (χ2v) is 19.1. The molecule has 14 atom stereocenters. The molecule has 0 aromatic heterocycles. The Balaban J connectivity index is 1.69. The topological polar surface area (TPSA) is 145 Å². The molecule has 4 rings (SSSR count). The first-order valence-corrected chi connectivity index (χ1v) is 23.0. The van der Waals surface area contributed by atoms with Gasteiger partial charge in [0, 0.05) is 40.3 Å². The standard InChI is InChI=1S/C48H66F3IN2O9/c1-12-15-37-30(7)36(52)25-39(61-37)31(8)42(56)32(9)44-38(59-10)17-14-16-26(3)22-29(6)43(35(13-2)41(55)28(5)23-27(4)24-40(60-11)46(58)63-44)62-45(57)33-18-20-34(21-19-33)47(53-54-47)48(49,50)51/h12,14-21,23-24,28-32,35-39,41-44,55-56H,13,22,25H2,1-11H3/b15-12+,17-14-,26-16+,27-23+,40-24+/t28-,29-,30+,31-,32+,35?,36-,37-,38+,39-,41-,42+,43+,44?/m1/s1/i52-2. The molecule has 2 unspecified atom stereocenters. The average Bonchev–Trinajstić information content (AvgIpc) is 4.07. The number of methoxy groups -OCH3 is 2. The van der Waals surface area contributed by atoms with Gasteiger partial charge in [-0.3, -0.25) is 0 Å². The molecular weight excluding hydrogens is 930 g/mol. The number of rotatable bonds is 11. The summed E-state index contributed by atoms with van der Waals surface area (Å²) in [6.07, 6.45) is 4.78. The summed E-state index contributed by atoms with van der Waals surface area (Å²) in [7, 11) is 2.86. The van der Waals surface area contributed by atoms with Crippen molar-refractivity contribution in [3.63, 3.8) is 0 Å². The molecule has 3 aliphatic heterocycles.